The molecule has 4 nitrogen and oxygen atoms in total. The minimum absolute atomic E-state index is 0.0985. The molecule has 0 spiro atoms. The standard InChI is InChI=1S/C12H18N2O2/c15-11-3-1-9(5-11)6-13-7-10-2-4-12(16)8-14-10/h2,4,8-9,11,13,15-16H,1,3,5-7H2. The summed E-state index contributed by atoms with van der Waals surface area (Å²) in [6, 6.07) is 3.45. The highest BCUT2D eigenvalue weighted by atomic mass is 16.3. The Morgan fingerprint density at radius 2 is 2.25 bits per heavy atom. The van der Waals surface area contributed by atoms with Gasteiger partial charge in [-0.05, 0) is 43.9 Å². The van der Waals surface area contributed by atoms with Gasteiger partial charge in [-0.1, -0.05) is 0 Å². The van der Waals surface area contributed by atoms with E-state index in [9.17, 15) is 5.11 Å². The van der Waals surface area contributed by atoms with Crippen LogP contribution in [0.1, 0.15) is 25.0 Å². The maximum Gasteiger partial charge on any atom is 0.133 e. The third-order valence-electron chi connectivity index (χ3n) is 3.06. The van der Waals surface area contributed by atoms with E-state index < -0.39 is 0 Å². The summed E-state index contributed by atoms with van der Waals surface area (Å²) in [5.41, 5.74) is 0.927. The molecule has 0 aromatic carbocycles. The molecule has 1 heterocycles. The molecule has 0 radical (unpaired) electrons. The third kappa shape index (κ3) is 3.18. The molecule has 88 valence electrons. The predicted molar refractivity (Wildman–Crippen MR) is 61.0 cm³/mol. The largest absolute Gasteiger partial charge is 0.506 e. The van der Waals surface area contributed by atoms with Crippen molar-refractivity contribution in [2.75, 3.05) is 6.54 Å². The van der Waals surface area contributed by atoms with Crippen LogP contribution in [-0.2, 0) is 6.54 Å². The van der Waals surface area contributed by atoms with Gasteiger partial charge >= 0.3 is 0 Å². The Balaban J connectivity index is 1.70. The Labute approximate surface area is 95.3 Å². The molecule has 1 aliphatic carbocycles. The van der Waals surface area contributed by atoms with Crippen molar-refractivity contribution < 1.29 is 10.2 Å². The normalized spacial score (nSPS) is 24.8. The van der Waals surface area contributed by atoms with E-state index in [1.165, 1.54) is 6.20 Å². The molecule has 2 atom stereocenters. The van der Waals surface area contributed by atoms with E-state index in [4.69, 9.17) is 5.11 Å². The molecule has 1 aromatic heterocycles. The summed E-state index contributed by atoms with van der Waals surface area (Å²) < 4.78 is 0. The average molecular weight is 222 g/mol. The first-order chi connectivity index (χ1) is 7.74. The van der Waals surface area contributed by atoms with E-state index >= 15 is 0 Å². The number of aromatic nitrogens is 1. The van der Waals surface area contributed by atoms with Crippen molar-refractivity contribution in [2.45, 2.75) is 31.9 Å². The molecule has 1 saturated carbocycles. The van der Waals surface area contributed by atoms with Crippen molar-refractivity contribution in [1.29, 1.82) is 0 Å². The van der Waals surface area contributed by atoms with Crippen LogP contribution in [0.3, 0.4) is 0 Å². The lowest BCUT2D eigenvalue weighted by Gasteiger charge is -2.10. The lowest BCUT2D eigenvalue weighted by Crippen LogP contribution is -2.21. The molecule has 0 aliphatic heterocycles. The molecule has 2 unspecified atom stereocenters. The van der Waals surface area contributed by atoms with E-state index in [0.29, 0.717) is 12.5 Å². The molecular formula is C12H18N2O2. The molecule has 1 aliphatic rings. The van der Waals surface area contributed by atoms with Gasteiger partial charge in [0.25, 0.3) is 0 Å². The summed E-state index contributed by atoms with van der Waals surface area (Å²) in [6.45, 7) is 1.65. The third-order valence-corrected chi connectivity index (χ3v) is 3.06. The van der Waals surface area contributed by atoms with Crippen LogP contribution in [0.25, 0.3) is 0 Å². The second-order valence-corrected chi connectivity index (χ2v) is 4.47. The second-order valence-electron chi connectivity index (χ2n) is 4.47. The molecule has 0 amide bonds. The van der Waals surface area contributed by atoms with Crippen LogP contribution in [0.2, 0.25) is 0 Å². The molecule has 16 heavy (non-hydrogen) atoms. The van der Waals surface area contributed by atoms with Crippen molar-refractivity contribution in [2.24, 2.45) is 5.92 Å². The van der Waals surface area contributed by atoms with Gasteiger partial charge in [0.05, 0.1) is 18.0 Å². The molecule has 2 rings (SSSR count). The first-order valence-corrected chi connectivity index (χ1v) is 5.76. The van der Waals surface area contributed by atoms with Gasteiger partial charge in [0.15, 0.2) is 0 Å². The Kier molecular flexibility index (Phi) is 3.74. The highest BCUT2D eigenvalue weighted by Crippen LogP contribution is 2.24. The van der Waals surface area contributed by atoms with Crippen molar-refractivity contribution in [1.82, 2.24) is 10.3 Å². The number of nitrogens with one attached hydrogen (secondary N) is 1. The number of hydrogen-bond donors (Lipinski definition) is 3. The number of aliphatic hydroxyl groups is 1. The Morgan fingerprint density at radius 3 is 2.88 bits per heavy atom. The van der Waals surface area contributed by atoms with Crippen LogP contribution < -0.4 is 5.32 Å². The van der Waals surface area contributed by atoms with E-state index in [1.807, 2.05) is 6.07 Å². The highest BCUT2D eigenvalue weighted by Gasteiger charge is 2.21. The fourth-order valence-electron chi connectivity index (χ4n) is 2.16. The van der Waals surface area contributed by atoms with Gasteiger partial charge in [-0.15, -0.1) is 0 Å². The van der Waals surface area contributed by atoms with Crippen LogP contribution in [0, 0.1) is 5.92 Å². The van der Waals surface area contributed by atoms with Crippen molar-refractivity contribution in [3.63, 3.8) is 0 Å². The summed E-state index contributed by atoms with van der Waals surface area (Å²) in [4.78, 5) is 4.10. The van der Waals surface area contributed by atoms with Gasteiger partial charge in [0, 0.05) is 6.54 Å². The topological polar surface area (TPSA) is 65.4 Å². The molecule has 0 saturated heterocycles. The van der Waals surface area contributed by atoms with Gasteiger partial charge in [-0.25, -0.2) is 0 Å². The van der Waals surface area contributed by atoms with E-state index in [2.05, 4.69) is 10.3 Å². The van der Waals surface area contributed by atoms with Crippen LogP contribution in [0.4, 0.5) is 0 Å². The van der Waals surface area contributed by atoms with Gasteiger partial charge in [0.1, 0.15) is 5.75 Å². The Bertz CT molecular complexity index is 326. The number of pyridine rings is 1. The molecular weight excluding hydrogens is 204 g/mol. The lowest BCUT2D eigenvalue weighted by molar-refractivity contribution is 0.177. The summed E-state index contributed by atoms with van der Waals surface area (Å²) >= 11 is 0. The van der Waals surface area contributed by atoms with Gasteiger partial charge in [0.2, 0.25) is 0 Å². The van der Waals surface area contributed by atoms with Crippen LogP contribution >= 0.6 is 0 Å². The maximum atomic E-state index is 9.38. The first-order valence-electron chi connectivity index (χ1n) is 5.76. The molecule has 3 N–H and O–H groups in total. The zero-order valence-electron chi connectivity index (χ0n) is 9.26. The predicted octanol–water partition coefficient (Wildman–Crippen LogP) is 1.04. The van der Waals surface area contributed by atoms with E-state index in [0.717, 1.165) is 31.5 Å². The fraction of sp³-hybridized carbons (Fsp3) is 0.583. The Hall–Kier alpha value is -1.13. The minimum Gasteiger partial charge on any atom is -0.506 e. The monoisotopic (exact) mass is 222 g/mol. The summed E-state index contributed by atoms with van der Waals surface area (Å²) in [5.74, 6) is 0.787. The number of aliphatic hydroxyl groups excluding tert-OH is 1. The maximum absolute atomic E-state index is 9.38. The molecule has 1 aromatic rings. The van der Waals surface area contributed by atoms with E-state index in [1.54, 1.807) is 6.07 Å². The van der Waals surface area contributed by atoms with Crippen LogP contribution in [0.15, 0.2) is 18.3 Å². The molecule has 4 heteroatoms. The van der Waals surface area contributed by atoms with Gasteiger partial charge in [-0.2, -0.15) is 0 Å². The summed E-state index contributed by atoms with van der Waals surface area (Å²) in [6.07, 6.45) is 4.31. The quantitative estimate of drug-likeness (QED) is 0.712. The van der Waals surface area contributed by atoms with Gasteiger partial charge < -0.3 is 15.5 Å². The Morgan fingerprint density at radius 1 is 1.38 bits per heavy atom. The summed E-state index contributed by atoms with van der Waals surface area (Å²) in [7, 11) is 0. The van der Waals surface area contributed by atoms with Gasteiger partial charge in [-0.3, -0.25) is 4.98 Å². The zero-order chi connectivity index (χ0) is 11.4. The smallest absolute Gasteiger partial charge is 0.133 e. The summed E-state index contributed by atoms with van der Waals surface area (Å²) in [5, 5.41) is 21.8. The minimum atomic E-state index is -0.0985. The average Bonchev–Trinajstić information content (AvgIpc) is 2.67. The number of aromatic hydroxyl groups is 1. The highest BCUT2D eigenvalue weighted by molar-refractivity contribution is 5.17. The van der Waals surface area contributed by atoms with E-state index in [-0.39, 0.29) is 11.9 Å². The molecule has 0 bridgehead atoms. The van der Waals surface area contributed by atoms with Crippen molar-refractivity contribution >= 4 is 0 Å². The van der Waals surface area contributed by atoms with Crippen molar-refractivity contribution in [3.8, 4) is 5.75 Å². The van der Waals surface area contributed by atoms with Crippen LogP contribution in [0.5, 0.6) is 5.75 Å². The SMILES string of the molecule is Oc1ccc(CNCC2CCC(O)C2)nc1. The number of hydrogen-bond acceptors (Lipinski definition) is 4. The zero-order valence-corrected chi connectivity index (χ0v) is 9.26. The fourth-order valence-corrected chi connectivity index (χ4v) is 2.16. The second kappa shape index (κ2) is 5.27. The first kappa shape index (κ1) is 11.4. The number of rotatable bonds is 4. The number of nitrogens with zero attached hydrogens (tertiary/aromatic N) is 1. The lowest BCUT2D eigenvalue weighted by atomic mass is 10.1. The van der Waals surface area contributed by atoms with Crippen molar-refractivity contribution in [3.05, 3.63) is 24.0 Å². The van der Waals surface area contributed by atoms with Crippen LogP contribution in [-0.4, -0.2) is 27.8 Å². The molecule has 1 fully saturated rings.